The average molecular weight is 1540 g/mol. The fourth-order valence-electron chi connectivity index (χ4n) is 16.5. The number of thiophene rings is 4. The molecule has 0 atom stereocenters. The molecule has 4 aromatic heterocycles. The third kappa shape index (κ3) is 13.5. The molecule has 0 unspecified atom stereocenters. The lowest BCUT2D eigenvalue weighted by Gasteiger charge is -2.13. The highest BCUT2D eigenvalue weighted by Gasteiger charge is 2.20. The maximum absolute atomic E-state index is 3.84. The number of benzene rings is 19. The van der Waals surface area contributed by atoms with Crippen molar-refractivity contribution in [1.29, 1.82) is 0 Å². The van der Waals surface area contributed by atoms with Crippen LogP contribution in [0.2, 0.25) is 0 Å². The molecule has 115 heavy (non-hydrogen) atoms. The second-order valence-corrected chi connectivity index (χ2v) is 33.5. The third-order valence-corrected chi connectivity index (χ3v) is 26.8. The fourth-order valence-corrected chi connectivity index (χ4v) is 21.4. The average Bonchev–Trinajstić information content (AvgIpc) is 1.60. The Morgan fingerprint density at radius 3 is 1.32 bits per heavy atom. The molecular weight excluding hydrogens is 1470 g/mol. The zero-order valence-electron chi connectivity index (χ0n) is 62.4. The van der Waals surface area contributed by atoms with Crippen molar-refractivity contribution in [2.24, 2.45) is 0 Å². The minimum absolute atomic E-state index is 1.08. The summed E-state index contributed by atoms with van der Waals surface area (Å²) in [5, 5.41) is 29.4. The van der Waals surface area contributed by atoms with Crippen LogP contribution in [0, 0.1) is 0 Å². The number of anilines is 6. The van der Waals surface area contributed by atoms with Gasteiger partial charge in [-0.05, 0) is 197 Å². The molecule has 0 aliphatic rings. The molecular formula is C108H71N3S4. The highest BCUT2D eigenvalue weighted by molar-refractivity contribution is 7.27. The summed E-state index contributed by atoms with van der Waals surface area (Å²) in [6, 6.07) is 149. The Labute approximate surface area is 682 Å². The molecule has 0 bridgehead atoms. The van der Waals surface area contributed by atoms with Crippen LogP contribution in [0.5, 0.6) is 0 Å². The monoisotopic (exact) mass is 1540 g/mol. The predicted octanol–water partition coefficient (Wildman–Crippen LogP) is 33.2. The molecule has 0 saturated heterocycles. The highest BCUT2D eigenvalue weighted by atomic mass is 32.1. The van der Waals surface area contributed by atoms with Gasteiger partial charge in [-0.2, -0.15) is 0 Å². The summed E-state index contributed by atoms with van der Waals surface area (Å²) in [6.45, 7) is 0. The summed E-state index contributed by atoms with van der Waals surface area (Å²) >= 11 is 7.52. The lowest BCUT2D eigenvalue weighted by molar-refractivity contribution is 1.55. The molecule has 7 heteroatoms. The van der Waals surface area contributed by atoms with E-state index in [-0.39, 0.29) is 0 Å². The molecule has 0 aliphatic carbocycles. The third-order valence-electron chi connectivity index (χ3n) is 22.0. The summed E-state index contributed by atoms with van der Waals surface area (Å²) in [4.78, 5) is 0. The van der Waals surface area contributed by atoms with Crippen LogP contribution in [0.15, 0.2) is 413 Å². The summed E-state index contributed by atoms with van der Waals surface area (Å²) in [6.07, 6.45) is 0. The van der Waals surface area contributed by atoms with E-state index in [1.54, 1.807) is 0 Å². The van der Waals surface area contributed by atoms with Crippen LogP contribution in [0.25, 0.3) is 180 Å². The number of hydrogen-bond donors (Lipinski definition) is 3. The van der Waals surface area contributed by atoms with E-state index < -0.39 is 0 Å². The Bertz CT molecular complexity index is 7600. The molecule has 0 fully saturated rings. The second kappa shape index (κ2) is 30.1. The quantitative estimate of drug-likeness (QED) is 0.114. The molecule has 23 rings (SSSR count). The SMILES string of the molecule is c1ccc(-c2cc(Nc3ccc4sc5ccccc5c4c3)c3c(c2)sc2c4ccccc4ccc23)cc1.c1ccc(-c2ccc(-c3cc(Nc4cccc(-c5ccccc5)c4)cc4c3sc3cc5ccccc5cc34)cc2)cc1.c1ccc(Nc2cc(-c3cccc(-c4ccccc4)c3)c3sc4ccc5ccccc5c4c3c2)cc1. The first-order chi connectivity index (χ1) is 56.9. The molecule has 0 spiro atoms. The van der Waals surface area contributed by atoms with Gasteiger partial charge in [0.25, 0.3) is 0 Å². The topological polar surface area (TPSA) is 36.1 Å². The Morgan fingerprint density at radius 2 is 0.609 bits per heavy atom. The Hall–Kier alpha value is -13.8. The van der Waals surface area contributed by atoms with Crippen LogP contribution in [0.4, 0.5) is 34.1 Å². The Morgan fingerprint density at radius 1 is 0.157 bits per heavy atom. The number of para-hydroxylation sites is 1. The smallest absolute Gasteiger partial charge is 0.0485 e. The van der Waals surface area contributed by atoms with Gasteiger partial charge in [-0.25, -0.2) is 0 Å². The van der Waals surface area contributed by atoms with Crippen molar-refractivity contribution in [3.8, 4) is 66.8 Å². The van der Waals surface area contributed by atoms with Gasteiger partial charge in [0, 0.05) is 126 Å². The van der Waals surface area contributed by atoms with E-state index in [1.165, 1.54) is 180 Å². The number of fused-ring (bicyclic) bond motifs is 17. The van der Waals surface area contributed by atoms with Gasteiger partial charge in [-0.15, -0.1) is 45.3 Å². The van der Waals surface area contributed by atoms with Gasteiger partial charge < -0.3 is 16.0 Å². The minimum Gasteiger partial charge on any atom is -0.355 e. The van der Waals surface area contributed by atoms with Gasteiger partial charge in [-0.3, -0.25) is 0 Å². The van der Waals surface area contributed by atoms with E-state index >= 15 is 0 Å². The molecule has 542 valence electrons. The van der Waals surface area contributed by atoms with E-state index in [2.05, 4.69) is 422 Å². The van der Waals surface area contributed by atoms with E-state index in [9.17, 15) is 0 Å². The van der Waals surface area contributed by atoms with E-state index in [0.29, 0.717) is 0 Å². The second-order valence-electron chi connectivity index (χ2n) is 29.3. The molecule has 0 aliphatic heterocycles. The summed E-state index contributed by atoms with van der Waals surface area (Å²) < 4.78 is 10.6. The highest BCUT2D eigenvalue weighted by Crippen LogP contribution is 2.50. The van der Waals surface area contributed by atoms with Crippen molar-refractivity contribution in [1.82, 2.24) is 0 Å². The molecule has 3 N–H and O–H groups in total. The predicted molar refractivity (Wildman–Crippen MR) is 505 cm³/mol. The van der Waals surface area contributed by atoms with E-state index in [0.717, 1.165) is 34.1 Å². The van der Waals surface area contributed by atoms with E-state index in [1.807, 2.05) is 51.4 Å². The Kier molecular flexibility index (Phi) is 18.1. The van der Waals surface area contributed by atoms with Gasteiger partial charge in [0.1, 0.15) is 0 Å². The minimum atomic E-state index is 1.08. The standard InChI is InChI=1S/C40H27NS.C34H21NS2.C34H23NS/c1-3-10-27(11-4-1)29-18-20-30(21-19-29)36-25-35(41-34-17-9-16-31(22-34)28-12-5-2-6-13-28)26-38-37-23-32-14-7-8-15-33(32)24-39(37)42-40(36)38;1-2-8-21(9-3-1)23-18-29(35-24-15-17-31-28(20-24)26-12-6-7-13-30(26)36-31)33-27-16-14-22-10-4-5-11-25(22)34(27)37-32(33)19-23;1-3-10-23(11-4-1)25-13-9-14-26(20-25)30-21-28(35-27-15-5-2-6-16-27)22-31-33-29-17-8-7-12-24(29)18-19-32(33)36-34(30)31/h1-26,41H;1-20,35H;1-22,35H. The molecule has 4 heterocycles. The van der Waals surface area contributed by atoms with Crippen molar-refractivity contribution in [3.63, 3.8) is 0 Å². The lowest BCUT2D eigenvalue weighted by atomic mass is 9.96. The van der Waals surface area contributed by atoms with Crippen LogP contribution in [0.3, 0.4) is 0 Å². The maximum Gasteiger partial charge on any atom is 0.0485 e. The first-order valence-corrected chi connectivity index (χ1v) is 42.2. The van der Waals surface area contributed by atoms with Crippen molar-refractivity contribution < 1.29 is 0 Å². The molecule has 19 aromatic carbocycles. The molecule has 0 saturated carbocycles. The maximum atomic E-state index is 3.84. The van der Waals surface area contributed by atoms with E-state index in [4.69, 9.17) is 0 Å². The van der Waals surface area contributed by atoms with Crippen molar-refractivity contribution in [2.45, 2.75) is 0 Å². The summed E-state index contributed by atoms with van der Waals surface area (Å²) in [7, 11) is 0. The van der Waals surface area contributed by atoms with Gasteiger partial charge in [0.2, 0.25) is 0 Å². The number of nitrogens with one attached hydrogen (secondary N) is 3. The Balaban J connectivity index is 0.000000108. The normalized spacial score (nSPS) is 11.5. The zero-order valence-corrected chi connectivity index (χ0v) is 65.7. The van der Waals surface area contributed by atoms with Crippen LogP contribution >= 0.6 is 45.3 Å². The first-order valence-electron chi connectivity index (χ1n) is 38.9. The van der Waals surface area contributed by atoms with Crippen LogP contribution in [-0.4, -0.2) is 0 Å². The first kappa shape index (κ1) is 69.2. The van der Waals surface area contributed by atoms with Gasteiger partial charge in [0.05, 0.1) is 0 Å². The van der Waals surface area contributed by atoms with Gasteiger partial charge in [-0.1, -0.05) is 303 Å². The van der Waals surface area contributed by atoms with Crippen LogP contribution < -0.4 is 16.0 Å². The summed E-state index contributed by atoms with van der Waals surface area (Å²) in [5.74, 6) is 0. The van der Waals surface area contributed by atoms with Gasteiger partial charge >= 0.3 is 0 Å². The largest absolute Gasteiger partial charge is 0.355 e. The molecule has 0 amide bonds. The fraction of sp³-hybridized carbons (Fsp3) is 0. The summed E-state index contributed by atoms with van der Waals surface area (Å²) in [5.41, 5.74) is 21.4. The van der Waals surface area contributed by atoms with Crippen molar-refractivity contribution >= 4 is 192 Å². The van der Waals surface area contributed by atoms with Crippen molar-refractivity contribution in [3.05, 3.63) is 413 Å². The zero-order chi connectivity index (χ0) is 76.1. The van der Waals surface area contributed by atoms with Crippen LogP contribution in [-0.2, 0) is 0 Å². The number of rotatable bonds is 12. The molecule has 3 nitrogen and oxygen atoms in total. The lowest BCUT2D eigenvalue weighted by Crippen LogP contribution is -1.92. The molecule has 0 radical (unpaired) electrons. The van der Waals surface area contributed by atoms with Gasteiger partial charge in [0.15, 0.2) is 0 Å². The number of hydrogen-bond acceptors (Lipinski definition) is 7. The van der Waals surface area contributed by atoms with Crippen molar-refractivity contribution in [2.75, 3.05) is 16.0 Å². The van der Waals surface area contributed by atoms with Crippen LogP contribution in [0.1, 0.15) is 0 Å². The molecule has 23 aromatic rings.